The van der Waals surface area contributed by atoms with E-state index in [1.54, 1.807) is 4.80 Å². The predicted molar refractivity (Wildman–Crippen MR) is 110 cm³/mol. The van der Waals surface area contributed by atoms with Crippen LogP contribution < -0.4 is 4.90 Å². The molecule has 6 heteroatoms. The molecule has 0 unspecified atom stereocenters. The maximum Gasteiger partial charge on any atom is 0.276 e. The SMILES string of the molecule is Cc1ccc(-n2nc(C)c(C(=O)N3CCN(c4ccccc4)CC3)n2)c(C)c1. The Kier molecular flexibility index (Phi) is 4.86. The standard InChI is InChI=1S/C22H25N5O/c1-16-9-10-20(17(2)15-16)27-23-18(3)21(24-27)22(28)26-13-11-25(12-14-26)19-7-5-4-6-8-19/h4-10,15H,11-14H2,1-3H3. The normalized spacial score (nSPS) is 14.4. The molecule has 1 amide bonds. The molecule has 0 spiro atoms. The topological polar surface area (TPSA) is 54.3 Å². The summed E-state index contributed by atoms with van der Waals surface area (Å²) in [6.07, 6.45) is 0. The van der Waals surface area contributed by atoms with E-state index in [0.717, 1.165) is 24.3 Å². The van der Waals surface area contributed by atoms with E-state index in [0.29, 0.717) is 24.5 Å². The lowest BCUT2D eigenvalue weighted by atomic mass is 10.1. The molecular weight excluding hydrogens is 350 g/mol. The van der Waals surface area contributed by atoms with Crippen LogP contribution in [0.25, 0.3) is 5.69 Å². The molecule has 144 valence electrons. The summed E-state index contributed by atoms with van der Waals surface area (Å²) in [5, 5.41) is 9.02. The minimum Gasteiger partial charge on any atom is -0.368 e. The molecule has 1 aliphatic heterocycles. The van der Waals surface area contributed by atoms with Crippen molar-refractivity contribution in [3.8, 4) is 5.69 Å². The molecule has 1 aliphatic rings. The number of anilines is 1. The Labute approximate surface area is 165 Å². The molecule has 0 atom stereocenters. The van der Waals surface area contributed by atoms with Gasteiger partial charge in [0.25, 0.3) is 5.91 Å². The van der Waals surface area contributed by atoms with Crippen LogP contribution in [0.3, 0.4) is 0 Å². The molecule has 3 aromatic rings. The number of hydrogen-bond donors (Lipinski definition) is 0. The number of nitrogens with zero attached hydrogens (tertiary/aromatic N) is 5. The summed E-state index contributed by atoms with van der Waals surface area (Å²) in [5.74, 6) is -0.0405. The lowest BCUT2D eigenvalue weighted by molar-refractivity contribution is 0.0739. The minimum atomic E-state index is -0.0405. The van der Waals surface area contributed by atoms with Crippen molar-refractivity contribution in [3.63, 3.8) is 0 Å². The zero-order valence-electron chi connectivity index (χ0n) is 16.6. The number of hydrogen-bond acceptors (Lipinski definition) is 4. The van der Waals surface area contributed by atoms with Gasteiger partial charge in [0.05, 0.1) is 11.4 Å². The highest BCUT2D eigenvalue weighted by atomic mass is 16.2. The lowest BCUT2D eigenvalue weighted by Crippen LogP contribution is -2.49. The first-order chi connectivity index (χ1) is 13.5. The molecule has 2 heterocycles. The highest BCUT2D eigenvalue weighted by Gasteiger charge is 2.26. The van der Waals surface area contributed by atoms with Crippen LogP contribution in [0, 0.1) is 20.8 Å². The van der Waals surface area contributed by atoms with E-state index in [1.807, 2.05) is 49.1 Å². The number of para-hydroxylation sites is 1. The van der Waals surface area contributed by atoms with Crippen molar-refractivity contribution >= 4 is 11.6 Å². The Morgan fingerprint density at radius 3 is 2.29 bits per heavy atom. The van der Waals surface area contributed by atoms with Crippen LogP contribution in [0.4, 0.5) is 5.69 Å². The summed E-state index contributed by atoms with van der Waals surface area (Å²) >= 11 is 0. The summed E-state index contributed by atoms with van der Waals surface area (Å²) < 4.78 is 0. The van der Waals surface area contributed by atoms with Gasteiger partial charge < -0.3 is 9.80 Å². The van der Waals surface area contributed by atoms with Gasteiger partial charge in [-0.25, -0.2) is 0 Å². The molecule has 28 heavy (non-hydrogen) atoms. The van der Waals surface area contributed by atoms with Gasteiger partial charge in [0, 0.05) is 31.9 Å². The molecule has 1 aromatic heterocycles. The molecule has 0 radical (unpaired) electrons. The van der Waals surface area contributed by atoms with Gasteiger partial charge in [0.15, 0.2) is 5.69 Å². The zero-order chi connectivity index (χ0) is 19.7. The first kappa shape index (κ1) is 18.2. The van der Waals surface area contributed by atoms with Crippen LogP contribution in [0.1, 0.15) is 27.3 Å². The van der Waals surface area contributed by atoms with Gasteiger partial charge in [-0.05, 0) is 44.5 Å². The Hall–Kier alpha value is -3.15. The number of carbonyl (C=O) groups is 1. The highest BCUT2D eigenvalue weighted by molar-refractivity contribution is 5.93. The first-order valence-corrected chi connectivity index (χ1v) is 9.64. The fourth-order valence-corrected chi connectivity index (χ4v) is 3.67. The third-order valence-electron chi connectivity index (χ3n) is 5.24. The number of carbonyl (C=O) groups excluding carboxylic acids is 1. The summed E-state index contributed by atoms with van der Waals surface area (Å²) in [4.78, 5) is 18.8. The Morgan fingerprint density at radius 1 is 0.893 bits per heavy atom. The lowest BCUT2D eigenvalue weighted by Gasteiger charge is -2.35. The van der Waals surface area contributed by atoms with E-state index in [9.17, 15) is 4.79 Å². The second-order valence-electron chi connectivity index (χ2n) is 7.33. The fraction of sp³-hybridized carbons (Fsp3) is 0.318. The van der Waals surface area contributed by atoms with E-state index < -0.39 is 0 Å². The average Bonchev–Trinajstić information content (AvgIpc) is 3.09. The molecular formula is C22H25N5O. The quantitative estimate of drug-likeness (QED) is 0.706. The third kappa shape index (κ3) is 3.50. The molecule has 0 bridgehead atoms. The number of aromatic nitrogens is 3. The Bertz CT molecular complexity index is 987. The van der Waals surface area contributed by atoms with Crippen molar-refractivity contribution in [2.75, 3.05) is 31.1 Å². The van der Waals surface area contributed by atoms with E-state index in [1.165, 1.54) is 11.3 Å². The third-order valence-corrected chi connectivity index (χ3v) is 5.24. The number of piperazine rings is 1. The van der Waals surface area contributed by atoms with Crippen molar-refractivity contribution in [2.24, 2.45) is 0 Å². The largest absolute Gasteiger partial charge is 0.368 e. The van der Waals surface area contributed by atoms with Crippen LogP contribution >= 0.6 is 0 Å². The van der Waals surface area contributed by atoms with Crippen molar-refractivity contribution in [3.05, 3.63) is 71.0 Å². The highest BCUT2D eigenvalue weighted by Crippen LogP contribution is 2.19. The van der Waals surface area contributed by atoms with Gasteiger partial charge >= 0.3 is 0 Å². The fourth-order valence-electron chi connectivity index (χ4n) is 3.67. The molecule has 0 N–H and O–H groups in total. The van der Waals surface area contributed by atoms with E-state index in [-0.39, 0.29) is 5.91 Å². The summed E-state index contributed by atoms with van der Waals surface area (Å²) in [6, 6.07) is 16.4. The van der Waals surface area contributed by atoms with Crippen molar-refractivity contribution in [2.45, 2.75) is 20.8 Å². The summed E-state index contributed by atoms with van der Waals surface area (Å²) in [6.45, 7) is 8.95. The predicted octanol–water partition coefficient (Wildman–Crippen LogP) is 3.15. The van der Waals surface area contributed by atoms with Gasteiger partial charge in [-0.15, -0.1) is 5.10 Å². The number of amides is 1. The Morgan fingerprint density at radius 2 is 1.61 bits per heavy atom. The van der Waals surface area contributed by atoms with E-state index >= 15 is 0 Å². The molecule has 0 aliphatic carbocycles. The van der Waals surface area contributed by atoms with Crippen LogP contribution in [-0.4, -0.2) is 52.0 Å². The van der Waals surface area contributed by atoms with Crippen LogP contribution in [0.5, 0.6) is 0 Å². The zero-order valence-corrected chi connectivity index (χ0v) is 16.6. The minimum absolute atomic E-state index is 0.0405. The number of aryl methyl sites for hydroxylation is 3. The van der Waals surface area contributed by atoms with Crippen molar-refractivity contribution in [1.29, 1.82) is 0 Å². The maximum atomic E-state index is 13.0. The molecule has 6 nitrogen and oxygen atoms in total. The Balaban J connectivity index is 1.49. The van der Waals surface area contributed by atoms with Crippen LogP contribution in [-0.2, 0) is 0 Å². The van der Waals surface area contributed by atoms with Gasteiger partial charge in [0.2, 0.25) is 0 Å². The summed E-state index contributed by atoms with van der Waals surface area (Å²) in [5.41, 5.74) is 5.49. The molecule has 1 fully saturated rings. The number of benzene rings is 2. The van der Waals surface area contributed by atoms with Gasteiger partial charge in [-0.3, -0.25) is 4.79 Å². The first-order valence-electron chi connectivity index (χ1n) is 9.64. The van der Waals surface area contributed by atoms with Crippen molar-refractivity contribution in [1.82, 2.24) is 19.9 Å². The van der Waals surface area contributed by atoms with Crippen LogP contribution in [0.15, 0.2) is 48.5 Å². The molecule has 1 saturated heterocycles. The number of rotatable bonds is 3. The smallest absolute Gasteiger partial charge is 0.276 e. The van der Waals surface area contributed by atoms with Crippen molar-refractivity contribution < 1.29 is 4.79 Å². The second-order valence-corrected chi connectivity index (χ2v) is 7.33. The monoisotopic (exact) mass is 375 g/mol. The van der Waals surface area contributed by atoms with E-state index in [2.05, 4.69) is 40.2 Å². The second kappa shape index (κ2) is 7.46. The van der Waals surface area contributed by atoms with Gasteiger partial charge in [-0.1, -0.05) is 35.9 Å². The van der Waals surface area contributed by atoms with Gasteiger partial charge in [-0.2, -0.15) is 9.90 Å². The van der Waals surface area contributed by atoms with Gasteiger partial charge in [0.1, 0.15) is 0 Å². The van der Waals surface area contributed by atoms with Crippen LogP contribution in [0.2, 0.25) is 0 Å². The maximum absolute atomic E-state index is 13.0. The molecule has 4 rings (SSSR count). The summed E-state index contributed by atoms with van der Waals surface area (Å²) in [7, 11) is 0. The molecule has 0 saturated carbocycles. The van der Waals surface area contributed by atoms with E-state index in [4.69, 9.17) is 0 Å². The average molecular weight is 375 g/mol. The molecule has 2 aromatic carbocycles.